The molecule has 1 N–H and O–H groups in total. The van der Waals surface area contributed by atoms with E-state index in [1.807, 2.05) is 25.6 Å². The molecule has 24 heavy (non-hydrogen) atoms. The first-order chi connectivity index (χ1) is 11.2. The van der Waals surface area contributed by atoms with E-state index in [0.29, 0.717) is 6.54 Å². The van der Waals surface area contributed by atoms with Crippen LogP contribution in [-0.2, 0) is 13.6 Å². The summed E-state index contributed by atoms with van der Waals surface area (Å²) in [4.78, 5) is 9.14. The van der Waals surface area contributed by atoms with Crippen molar-refractivity contribution in [3.8, 4) is 0 Å². The van der Waals surface area contributed by atoms with Gasteiger partial charge in [-0.3, -0.25) is 4.99 Å². The van der Waals surface area contributed by atoms with Crippen LogP contribution in [0.4, 0.5) is 5.00 Å². The Bertz CT molecular complexity index is 659. The van der Waals surface area contributed by atoms with Gasteiger partial charge in [0.25, 0.3) is 0 Å². The molecule has 0 spiro atoms. The van der Waals surface area contributed by atoms with Gasteiger partial charge < -0.3 is 19.7 Å². The van der Waals surface area contributed by atoms with E-state index < -0.39 is 0 Å². The van der Waals surface area contributed by atoms with Crippen LogP contribution in [0, 0.1) is 6.92 Å². The topological polar surface area (TPSA) is 61.6 Å². The molecule has 0 amide bonds. The normalized spacial score (nSPS) is 15.4. The highest BCUT2D eigenvalue weighted by Gasteiger charge is 2.20. The molecule has 3 heterocycles. The molecule has 0 radical (unpaired) electrons. The Morgan fingerprint density at radius 2 is 2.04 bits per heavy atom. The molecule has 0 unspecified atom stereocenters. The maximum atomic E-state index is 4.41. The van der Waals surface area contributed by atoms with Crippen molar-refractivity contribution in [3.05, 3.63) is 29.2 Å². The average molecular weight is 461 g/mol. The van der Waals surface area contributed by atoms with Gasteiger partial charge in [-0.2, -0.15) is 0 Å². The minimum atomic E-state index is 0. The molecule has 0 aliphatic carbocycles. The molecular formula is C15H24IN7S. The summed E-state index contributed by atoms with van der Waals surface area (Å²) in [5.41, 5.74) is 0. The van der Waals surface area contributed by atoms with E-state index in [1.165, 1.54) is 5.00 Å². The van der Waals surface area contributed by atoms with Crippen molar-refractivity contribution in [1.29, 1.82) is 0 Å². The van der Waals surface area contributed by atoms with Gasteiger partial charge in [0, 0.05) is 40.3 Å². The predicted molar refractivity (Wildman–Crippen MR) is 109 cm³/mol. The molecule has 7 nitrogen and oxygen atoms in total. The number of hydrogen-bond acceptors (Lipinski definition) is 5. The molecule has 132 valence electrons. The van der Waals surface area contributed by atoms with Crippen molar-refractivity contribution in [2.45, 2.75) is 13.5 Å². The van der Waals surface area contributed by atoms with Crippen LogP contribution in [0.3, 0.4) is 0 Å². The van der Waals surface area contributed by atoms with Crippen LogP contribution in [0.15, 0.2) is 22.5 Å². The van der Waals surface area contributed by atoms with Gasteiger partial charge in [-0.1, -0.05) is 0 Å². The van der Waals surface area contributed by atoms with Crippen LogP contribution < -0.4 is 10.2 Å². The summed E-state index contributed by atoms with van der Waals surface area (Å²) in [6.07, 6.45) is 0. The van der Waals surface area contributed by atoms with Gasteiger partial charge in [0.05, 0.1) is 11.5 Å². The third-order valence-corrected chi connectivity index (χ3v) is 5.13. The Labute approximate surface area is 163 Å². The highest BCUT2D eigenvalue weighted by atomic mass is 127. The number of piperazine rings is 1. The lowest BCUT2D eigenvalue weighted by atomic mass is 10.3. The number of aliphatic imine (C=N–C) groups is 1. The highest BCUT2D eigenvalue weighted by Crippen LogP contribution is 2.22. The van der Waals surface area contributed by atoms with Gasteiger partial charge in [0.2, 0.25) is 0 Å². The Kier molecular flexibility index (Phi) is 6.84. The first-order valence-electron chi connectivity index (χ1n) is 7.78. The van der Waals surface area contributed by atoms with E-state index in [1.54, 1.807) is 11.3 Å². The van der Waals surface area contributed by atoms with Gasteiger partial charge in [0.1, 0.15) is 5.82 Å². The molecule has 1 aliphatic rings. The fourth-order valence-electron chi connectivity index (χ4n) is 2.68. The van der Waals surface area contributed by atoms with E-state index >= 15 is 0 Å². The lowest BCUT2D eigenvalue weighted by Gasteiger charge is -2.36. The Hall–Kier alpha value is -1.36. The number of rotatable bonds is 3. The number of anilines is 1. The number of nitrogens with one attached hydrogen (secondary N) is 1. The number of thiophene rings is 1. The molecule has 3 rings (SSSR count). The van der Waals surface area contributed by atoms with Gasteiger partial charge in [0.15, 0.2) is 11.8 Å². The molecule has 1 saturated heterocycles. The summed E-state index contributed by atoms with van der Waals surface area (Å²) < 4.78 is 2.00. The summed E-state index contributed by atoms with van der Waals surface area (Å²) in [6, 6.07) is 4.29. The van der Waals surface area contributed by atoms with Crippen LogP contribution in [0.1, 0.15) is 11.6 Å². The maximum Gasteiger partial charge on any atom is 0.194 e. The predicted octanol–water partition coefficient (Wildman–Crippen LogP) is 1.70. The van der Waals surface area contributed by atoms with E-state index in [0.717, 1.165) is 43.8 Å². The number of halogens is 1. The van der Waals surface area contributed by atoms with Crippen LogP contribution in [-0.4, -0.2) is 58.9 Å². The fourth-order valence-corrected chi connectivity index (χ4v) is 3.47. The van der Waals surface area contributed by atoms with Crippen molar-refractivity contribution < 1.29 is 0 Å². The number of guanidine groups is 1. The first-order valence-corrected chi connectivity index (χ1v) is 8.66. The van der Waals surface area contributed by atoms with Crippen molar-refractivity contribution in [2.75, 3.05) is 38.1 Å². The van der Waals surface area contributed by atoms with Crippen molar-refractivity contribution in [2.24, 2.45) is 12.0 Å². The van der Waals surface area contributed by atoms with E-state index in [9.17, 15) is 0 Å². The molecule has 1 fully saturated rings. The maximum absolute atomic E-state index is 4.41. The van der Waals surface area contributed by atoms with E-state index in [2.05, 4.69) is 47.8 Å². The average Bonchev–Trinajstić information content (AvgIpc) is 3.21. The van der Waals surface area contributed by atoms with Gasteiger partial charge in [-0.05, 0) is 24.4 Å². The molecule has 0 bridgehead atoms. The van der Waals surface area contributed by atoms with Crippen molar-refractivity contribution in [3.63, 3.8) is 0 Å². The lowest BCUT2D eigenvalue weighted by molar-refractivity contribution is 0.372. The molecular weight excluding hydrogens is 437 g/mol. The van der Waals surface area contributed by atoms with Crippen LogP contribution >= 0.6 is 35.3 Å². The largest absolute Gasteiger partial charge is 0.360 e. The van der Waals surface area contributed by atoms with Crippen LogP contribution in [0.5, 0.6) is 0 Å². The van der Waals surface area contributed by atoms with Gasteiger partial charge in [-0.25, -0.2) is 0 Å². The third-order valence-electron chi connectivity index (χ3n) is 4.20. The second kappa shape index (κ2) is 8.65. The zero-order valence-electron chi connectivity index (χ0n) is 14.3. The van der Waals surface area contributed by atoms with Crippen molar-refractivity contribution >= 4 is 46.3 Å². The lowest BCUT2D eigenvalue weighted by Crippen LogP contribution is -2.52. The smallest absolute Gasteiger partial charge is 0.194 e. The second-order valence-electron chi connectivity index (χ2n) is 5.55. The number of hydrogen-bond donors (Lipinski definition) is 1. The number of nitrogens with zero attached hydrogens (tertiary/aromatic N) is 6. The van der Waals surface area contributed by atoms with E-state index in [-0.39, 0.29) is 24.0 Å². The minimum absolute atomic E-state index is 0. The fraction of sp³-hybridized carbons (Fsp3) is 0.533. The van der Waals surface area contributed by atoms with Crippen LogP contribution in [0.2, 0.25) is 0 Å². The Balaban J connectivity index is 0.00000208. The van der Waals surface area contributed by atoms with Gasteiger partial charge in [-0.15, -0.1) is 45.5 Å². The number of aromatic nitrogens is 3. The first kappa shape index (κ1) is 19.0. The SMILES string of the molecule is CN=C(NCc1nnc(C)n1C)N1CCN(c2cccs2)CC1.I. The Morgan fingerprint density at radius 3 is 2.58 bits per heavy atom. The quantitative estimate of drug-likeness (QED) is 0.429. The van der Waals surface area contributed by atoms with Gasteiger partial charge >= 0.3 is 0 Å². The molecule has 1 aliphatic heterocycles. The molecule has 0 atom stereocenters. The standard InChI is InChI=1S/C15H23N7S.HI/c1-12-18-19-13(20(12)3)11-17-15(16-2)22-8-6-21(7-9-22)14-5-4-10-23-14;/h4-5,10H,6-9,11H2,1-3H3,(H,16,17);1H. The summed E-state index contributed by atoms with van der Waals surface area (Å²) in [5, 5.41) is 15.1. The summed E-state index contributed by atoms with van der Waals surface area (Å²) >= 11 is 1.80. The second-order valence-corrected chi connectivity index (χ2v) is 6.47. The zero-order chi connectivity index (χ0) is 16.2. The molecule has 0 saturated carbocycles. The highest BCUT2D eigenvalue weighted by molar-refractivity contribution is 14.0. The molecule has 2 aromatic heterocycles. The monoisotopic (exact) mass is 461 g/mol. The molecule has 0 aromatic carbocycles. The third kappa shape index (κ3) is 4.18. The van der Waals surface area contributed by atoms with Crippen LogP contribution in [0.25, 0.3) is 0 Å². The minimum Gasteiger partial charge on any atom is -0.360 e. The summed E-state index contributed by atoms with van der Waals surface area (Å²) in [7, 11) is 3.81. The zero-order valence-corrected chi connectivity index (χ0v) is 17.4. The van der Waals surface area contributed by atoms with Crippen molar-refractivity contribution in [1.82, 2.24) is 25.0 Å². The molecule has 2 aromatic rings. The van der Waals surface area contributed by atoms with E-state index in [4.69, 9.17) is 0 Å². The summed E-state index contributed by atoms with van der Waals surface area (Å²) in [5.74, 6) is 2.76. The molecule has 9 heteroatoms. The summed E-state index contributed by atoms with van der Waals surface area (Å²) in [6.45, 7) is 6.56. The number of aryl methyl sites for hydroxylation is 1. The Morgan fingerprint density at radius 1 is 1.29 bits per heavy atom.